The van der Waals surface area contributed by atoms with Crippen LogP contribution in [-0.2, 0) is 32.5 Å². The van der Waals surface area contributed by atoms with E-state index in [1.807, 2.05) is 175 Å². The van der Waals surface area contributed by atoms with E-state index in [4.69, 9.17) is 30.9 Å². The number of Topliss-reactive ketones (excluding diaryl/α,β-unsaturated/α-hetero) is 1. The SMILES string of the molecule is CC(C)(C)OC(=O)NC1(c2ccc(C(=O)Cc3ccccc3)cc2)CCC1.Cc1cc2ncc(C=O)c(N)n2n1.Cc1cc2ncc3cc(-c4ccccc4)c(-c4ccc(C5(N)CCC5)cc4)nc3n2n1.Cc1cc2ncc3cc(-c4ccccc4)c(-c4ccc(C5(NC(=O)OC(C)(C)C)CCC5)cc4)nc3n2n1.I[I-]I. The van der Waals surface area contributed by atoms with Gasteiger partial charge in [0.15, 0.2) is 40.3 Å². The molecule has 6 aromatic carbocycles. The zero-order valence-electron chi connectivity index (χ0n) is 64.0. The minimum atomic E-state index is -0.539. The van der Waals surface area contributed by atoms with E-state index in [1.54, 1.807) is 6.07 Å². The molecule has 112 heavy (non-hydrogen) atoms. The summed E-state index contributed by atoms with van der Waals surface area (Å²) in [4.78, 5) is 71.3. The first-order valence-electron chi connectivity index (χ1n) is 37.3. The molecule has 17 rings (SSSR count). The molecule has 6 N–H and O–H groups in total. The van der Waals surface area contributed by atoms with Crippen LogP contribution < -0.4 is 35.4 Å². The number of amides is 2. The van der Waals surface area contributed by atoms with Gasteiger partial charge >= 0.3 is 62.7 Å². The van der Waals surface area contributed by atoms with Crippen molar-refractivity contribution in [3.8, 4) is 44.8 Å². The van der Waals surface area contributed by atoms with Crippen molar-refractivity contribution in [2.75, 3.05) is 5.73 Å². The van der Waals surface area contributed by atoms with E-state index in [9.17, 15) is 19.2 Å². The second-order valence-corrected chi connectivity index (χ2v) is 47.0. The van der Waals surface area contributed by atoms with Crippen LogP contribution in [-0.4, -0.2) is 89.2 Å². The Bertz CT molecular complexity index is 5720. The van der Waals surface area contributed by atoms with Gasteiger partial charge in [-0.3, -0.25) is 9.59 Å². The molecule has 574 valence electrons. The molecule has 3 saturated carbocycles. The van der Waals surface area contributed by atoms with Crippen molar-refractivity contribution in [2.45, 2.75) is 154 Å². The molecule has 0 atom stereocenters. The van der Waals surface area contributed by atoms with Gasteiger partial charge in [-0.15, -0.1) is 0 Å². The molecule has 2 amide bonds. The number of nitrogens with one attached hydrogen (secondary N) is 2. The Morgan fingerprint density at radius 2 is 0.875 bits per heavy atom. The van der Waals surface area contributed by atoms with Crippen LogP contribution in [0.4, 0.5) is 15.4 Å². The van der Waals surface area contributed by atoms with Gasteiger partial charge in [0.05, 0.1) is 45.1 Å². The Morgan fingerprint density at radius 1 is 0.500 bits per heavy atom. The number of aldehydes is 1. The number of aryl methyl sites for hydroxylation is 3. The number of carbonyl (C=O) groups excluding carboxylic acids is 4. The normalized spacial score (nSPS) is 14.4. The summed E-state index contributed by atoms with van der Waals surface area (Å²) in [6.45, 7) is 17.0. The molecule has 14 aromatic rings. The third-order valence-electron chi connectivity index (χ3n) is 20.3. The fourth-order valence-electron chi connectivity index (χ4n) is 14.2. The molecule has 3 aliphatic rings. The van der Waals surface area contributed by atoms with Gasteiger partial charge in [-0.1, -0.05) is 164 Å². The molecule has 3 fully saturated rings. The van der Waals surface area contributed by atoms with Gasteiger partial charge in [0.2, 0.25) is 0 Å². The molecule has 0 spiro atoms. The van der Waals surface area contributed by atoms with E-state index in [0.29, 0.717) is 48.6 Å². The third-order valence-corrected chi connectivity index (χ3v) is 20.3. The number of ketones is 1. The Morgan fingerprint density at radius 3 is 1.26 bits per heavy atom. The summed E-state index contributed by atoms with van der Waals surface area (Å²) in [7, 11) is 0. The fourth-order valence-corrected chi connectivity index (χ4v) is 14.2. The van der Waals surface area contributed by atoms with Crippen LogP contribution in [0.3, 0.4) is 0 Å². The number of nitrogens with two attached hydrogens (primary N) is 2. The minimum absolute atomic E-state index is 0.0931. The first-order valence-corrected chi connectivity index (χ1v) is 49.9. The summed E-state index contributed by atoms with van der Waals surface area (Å²) in [6.07, 6.45) is 14.4. The number of pyridine rings is 2. The molecular formula is C88H89I3N15O6-. The first-order chi connectivity index (χ1) is 53.7. The number of benzene rings is 6. The fraction of sp³-hybridized carbons (Fsp3) is 0.273. The van der Waals surface area contributed by atoms with Crippen LogP contribution in [0.25, 0.3) is 83.8 Å². The number of hydrogen-bond acceptors (Lipinski definition) is 16. The number of carbonyl (C=O) groups is 4. The van der Waals surface area contributed by atoms with Crippen molar-refractivity contribution < 1.29 is 41.9 Å². The van der Waals surface area contributed by atoms with Crippen LogP contribution in [0.2, 0.25) is 0 Å². The van der Waals surface area contributed by atoms with Gasteiger partial charge in [0, 0.05) is 87.3 Å². The van der Waals surface area contributed by atoms with Crippen molar-refractivity contribution in [3.05, 3.63) is 263 Å². The van der Waals surface area contributed by atoms with E-state index in [-0.39, 0.29) is 23.0 Å². The summed E-state index contributed by atoms with van der Waals surface area (Å²) < 4.78 is 16.1. The summed E-state index contributed by atoms with van der Waals surface area (Å²) >= 11 is 5.30. The molecule has 3 aliphatic carbocycles. The zero-order chi connectivity index (χ0) is 79.1. The van der Waals surface area contributed by atoms with Crippen LogP contribution in [0.15, 0.2) is 213 Å². The van der Waals surface area contributed by atoms with Crippen molar-refractivity contribution in [3.63, 3.8) is 0 Å². The molecule has 0 unspecified atom stereocenters. The monoisotopic (exact) mass is 1830 g/mol. The summed E-state index contributed by atoms with van der Waals surface area (Å²) in [5.74, 6) is 0.420. The number of nitrogens with zero attached hydrogens (tertiary/aromatic N) is 11. The third kappa shape index (κ3) is 18.3. The van der Waals surface area contributed by atoms with Crippen molar-refractivity contribution in [2.24, 2.45) is 5.73 Å². The quantitative estimate of drug-likeness (QED) is 0.0474. The van der Waals surface area contributed by atoms with Crippen molar-refractivity contribution in [1.29, 1.82) is 0 Å². The van der Waals surface area contributed by atoms with Crippen LogP contribution in [0.5, 0.6) is 0 Å². The predicted molar refractivity (Wildman–Crippen MR) is 454 cm³/mol. The predicted octanol–water partition coefficient (Wildman–Crippen LogP) is 16.3. The Hall–Kier alpha value is -10.2. The zero-order valence-corrected chi connectivity index (χ0v) is 70.5. The number of alkyl carbamates (subject to hydrolysis) is 2. The topological polar surface area (TPSA) is 279 Å². The Labute approximate surface area is 680 Å². The van der Waals surface area contributed by atoms with Gasteiger partial charge in [0.1, 0.15) is 17.0 Å². The van der Waals surface area contributed by atoms with Gasteiger partial charge in [-0.2, -0.15) is 28.8 Å². The second kappa shape index (κ2) is 34.0. The van der Waals surface area contributed by atoms with Gasteiger partial charge in [-0.25, -0.2) is 34.5 Å². The summed E-state index contributed by atoms with van der Waals surface area (Å²) in [5, 5.41) is 21.4. The Kier molecular flexibility index (Phi) is 24.3. The number of aromatic nitrogens is 11. The summed E-state index contributed by atoms with van der Waals surface area (Å²) in [6, 6.07) is 65.1. The number of rotatable bonds is 13. The molecule has 8 heterocycles. The number of ether oxygens (including phenoxy) is 2. The molecule has 24 heteroatoms. The summed E-state index contributed by atoms with van der Waals surface area (Å²) in [5.41, 5.74) is 30.2. The van der Waals surface area contributed by atoms with E-state index in [2.05, 4.69) is 175 Å². The van der Waals surface area contributed by atoms with Crippen LogP contribution >= 0.6 is 37.2 Å². The molecule has 8 aromatic heterocycles. The van der Waals surface area contributed by atoms with Gasteiger partial charge in [-0.05, 0) is 166 Å². The average molecular weight is 1830 g/mol. The van der Waals surface area contributed by atoms with Crippen molar-refractivity contribution in [1.82, 2.24) is 64.4 Å². The van der Waals surface area contributed by atoms with Gasteiger partial charge < -0.3 is 31.6 Å². The number of hydrogen-bond donors (Lipinski definition) is 4. The first kappa shape index (κ1) is 79.9. The van der Waals surface area contributed by atoms with E-state index in [1.165, 1.54) is 22.7 Å². The van der Waals surface area contributed by atoms with E-state index in [0.717, 1.165) is 163 Å². The molecule has 0 aliphatic heterocycles. The number of anilines is 1. The molecule has 0 saturated heterocycles. The van der Waals surface area contributed by atoms with Gasteiger partial charge in [0.25, 0.3) is 0 Å². The molecular weight excluding hydrogens is 1740 g/mol. The molecule has 0 bridgehead atoms. The second-order valence-electron chi connectivity index (χ2n) is 30.7. The molecule has 21 nitrogen and oxygen atoms in total. The molecule has 0 radical (unpaired) electrons. The van der Waals surface area contributed by atoms with E-state index >= 15 is 0 Å². The standard InChI is InChI=1S/C31H31N5O2.C26H23N5.C23H27NO3.C8H8N4O.I3/c1-20-17-26-32-19-23-18-25(21-9-6-5-7-10-21)27(33-28(23)36(26)35-20)22-11-13-24(14-12-22)31(15-8-16-31)34-29(37)38-30(2,3)4;1-17-14-23-28-16-20-15-22(18-6-3-2-4-7-18)24(29-25(20)31(23)30-17)19-8-10-21(11-9-19)26(27)12-5-13-26;1-22(2,3)27-21(26)24-23(14-7-15-23)19-12-10-18(11-13-19)20(25)16-17-8-5-4-6-9-17;1-5-2-7-10-3-6(4-13)8(9)12(7)11-5;1-3-2/h5-7,9-14,17-19H,8,15-16H2,1-4H3,(H,34,37);2-4,6-11,14-16H,5,12-13,27H2,1H3;4-6,8-13H,7,14-16H2,1-3H3,(H,24,26);2-4H,9H2,1H3;/q;;;;-1. The van der Waals surface area contributed by atoms with Crippen molar-refractivity contribution >= 4 is 106 Å². The number of halogens is 3. The number of fused-ring (bicyclic) bond motifs is 7. The van der Waals surface area contributed by atoms with Crippen LogP contribution in [0.1, 0.15) is 159 Å². The maximum absolute atomic E-state index is 12.6. The number of nitrogen functional groups attached to an aromatic ring is 1. The maximum atomic E-state index is 12.6. The Balaban J connectivity index is 0.000000135. The average Bonchev–Trinajstić information content (AvgIpc) is 1.75. The van der Waals surface area contributed by atoms with E-state index < -0.39 is 22.8 Å². The van der Waals surface area contributed by atoms with Crippen LogP contribution in [0, 0.1) is 20.8 Å².